The highest BCUT2D eigenvalue weighted by molar-refractivity contribution is 4.86. The van der Waals surface area contributed by atoms with Crippen LogP contribution in [0.4, 0.5) is 0 Å². The number of rotatable bonds is 12. The summed E-state index contributed by atoms with van der Waals surface area (Å²) in [5.41, 5.74) is 0.346. The number of hydrogen-bond donors (Lipinski definition) is 0. The summed E-state index contributed by atoms with van der Waals surface area (Å²) >= 11 is 0. The molecular formula is C16H32O3. The van der Waals surface area contributed by atoms with Crippen molar-refractivity contribution in [2.24, 2.45) is 5.41 Å². The van der Waals surface area contributed by atoms with Crippen LogP contribution < -0.4 is 0 Å². The maximum absolute atomic E-state index is 5.66. The molecule has 0 saturated carbocycles. The first-order valence-corrected chi connectivity index (χ1v) is 8.00. The van der Waals surface area contributed by atoms with Crippen molar-refractivity contribution in [3.8, 4) is 0 Å². The van der Waals surface area contributed by atoms with Crippen LogP contribution in [0.5, 0.6) is 0 Å². The molecule has 2 atom stereocenters. The van der Waals surface area contributed by atoms with Crippen molar-refractivity contribution in [3.63, 3.8) is 0 Å². The van der Waals surface area contributed by atoms with E-state index in [-0.39, 0.29) is 0 Å². The second kappa shape index (κ2) is 9.73. The van der Waals surface area contributed by atoms with Crippen molar-refractivity contribution in [1.29, 1.82) is 0 Å². The monoisotopic (exact) mass is 272 g/mol. The molecular weight excluding hydrogens is 240 g/mol. The van der Waals surface area contributed by atoms with Crippen molar-refractivity contribution >= 4 is 0 Å². The van der Waals surface area contributed by atoms with Gasteiger partial charge in [-0.1, -0.05) is 27.2 Å². The lowest BCUT2D eigenvalue weighted by Gasteiger charge is -2.42. The highest BCUT2D eigenvalue weighted by Gasteiger charge is 2.37. The molecule has 0 amide bonds. The van der Waals surface area contributed by atoms with Crippen LogP contribution in [0, 0.1) is 5.41 Å². The molecule has 1 aliphatic rings. The normalized spacial score (nSPS) is 21.9. The summed E-state index contributed by atoms with van der Waals surface area (Å²) in [6.45, 7) is 10.9. The van der Waals surface area contributed by atoms with Gasteiger partial charge in [0.15, 0.2) is 0 Å². The molecule has 0 aromatic rings. The van der Waals surface area contributed by atoms with Gasteiger partial charge in [-0.2, -0.15) is 0 Å². The maximum atomic E-state index is 5.66. The minimum atomic E-state index is 0.346. The molecule has 19 heavy (non-hydrogen) atoms. The van der Waals surface area contributed by atoms with Gasteiger partial charge in [0.1, 0.15) is 0 Å². The predicted molar refractivity (Wildman–Crippen MR) is 78.5 cm³/mol. The summed E-state index contributed by atoms with van der Waals surface area (Å²) < 4.78 is 16.7. The van der Waals surface area contributed by atoms with Gasteiger partial charge in [-0.3, -0.25) is 0 Å². The summed E-state index contributed by atoms with van der Waals surface area (Å²) in [5, 5.41) is 0. The molecule has 0 aromatic heterocycles. The highest BCUT2D eigenvalue weighted by Crippen LogP contribution is 2.38. The third kappa shape index (κ3) is 6.24. The molecule has 114 valence electrons. The van der Waals surface area contributed by atoms with Crippen LogP contribution in [0.2, 0.25) is 0 Å². The molecule has 0 bridgehead atoms. The minimum absolute atomic E-state index is 0.346. The van der Waals surface area contributed by atoms with E-state index in [1.807, 2.05) is 0 Å². The number of hydrogen-bond acceptors (Lipinski definition) is 3. The fourth-order valence-corrected chi connectivity index (χ4v) is 2.50. The largest absolute Gasteiger partial charge is 0.379 e. The van der Waals surface area contributed by atoms with Crippen molar-refractivity contribution in [2.45, 2.75) is 65.4 Å². The van der Waals surface area contributed by atoms with E-state index >= 15 is 0 Å². The summed E-state index contributed by atoms with van der Waals surface area (Å²) in [6.07, 6.45) is 7.57. The molecule has 2 unspecified atom stereocenters. The zero-order valence-corrected chi connectivity index (χ0v) is 13.1. The van der Waals surface area contributed by atoms with E-state index < -0.39 is 0 Å². The molecule has 1 rings (SSSR count). The van der Waals surface area contributed by atoms with Gasteiger partial charge < -0.3 is 14.2 Å². The van der Waals surface area contributed by atoms with E-state index in [0.717, 1.165) is 45.9 Å². The minimum Gasteiger partial charge on any atom is -0.379 e. The van der Waals surface area contributed by atoms with Crippen LogP contribution in [0.25, 0.3) is 0 Å². The lowest BCUT2D eigenvalue weighted by molar-refractivity contribution is -0.127. The van der Waals surface area contributed by atoms with Crippen molar-refractivity contribution < 1.29 is 14.2 Å². The lowest BCUT2D eigenvalue weighted by atomic mass is 9.75. The zero-order valence-electron chi connectivity index (χ0n) is 13.1. The lowest BCUT2D eigenvalue weighted by Crippen LogP contribution is -2.42. The van der Waals surface area contributed by atoms with Gasteiger partial charge in [0, 0.05) is 19.8 Å². The highest BCUT2D eigenvalue weighted by atomic mass is 16.5. The molecule has 1 saturated heterocycles. The van der Waals surface area contributed by atoms with Crippen LogP contribution >= 0.6 is 0 Å². The Balaban J connectivity index is 1.94. The second-order valence-electron chi connectivity index (χ2n) is 5.84. The fourth-order valence-electron chi connectivity index (χ4n) is 2.50. The van der Waals surface area contributed by atoms with Gasteiger partial charge in [-0.15, -0.1) is 0 Å². The molecule has 1 fully saturated rings. The van der Waals surface area contributed by atoms with Gasteiger partial charge in [-0.25, -0.2) is 0 Å². The van der Waals surface area contributed by atoms with Crippen molar-refractivity contribution in [3.05, 3.63) is 0 Å². The molecule has 3 heteroatoms. The van der Waals surface area contributed by atoms with E-state index in [1.54, 1.807) is 0 Å². The molecule has 1 aliphatic heterocycles. The third-order valence-electron chi connectivity index (χ3n) is 4.33. The van der Waals surface area contributed by atoms with Gasteiger partial charge in [0.25, 0.3) is 0 Å². The number of unbranched alkanes of at least 4 members (excludes halogenated alkanes) is 1. The van der Waals surface area contributed by atoms with E-state index in [9.17, 15) is 0 Å². The molecule has 1 heterocycles. The Bertz CT molecular complexity index is 216. The average Bonchev–Trinajstić information content (AvgIpc) is 2.34. The summed E-state index contributed by atoms with van der Waals surface area (Å²) in [5.74, 6) is 0. The first-order valence-electron chi connectivity index (χ1n) is 8.00. The summed E-state index contributed by atoms with van der Waals surface area (Å²) in [4.78, 5) is 0. The van der Waals surface area contributed by atoms with Crippen molar-refractivity contribution in [2.75, 3.05) is 33.0 Å². The zero-order chi connectivity index (χ0) is 14.0. The Morgan fingerprint density at radius 1 is 1.05 bits per heavy atom. The van der Waals surface area contributed by atoms with E-state index in [2.05, 4.69) is 20.8 Å². The van der Waals surface area contributed by atoms with E-state index in [1.165, 1.54) is 25.7 Å². The Labute approximate surface area is 119 Å². The average molecular weight is 272 g/mol. The van der Waals surface area contributed by atoms with Gasteiger partial charge in [-0.05, 0) is 37.5 Å². The Morgan fingerprint density at radius 2 is 1.68 bits per heavy atom. The summed E-state index contributed by atoms with van der Waals surface area (Å²) in [6, 6.07) is 0. The second-order valence-corrected chi connectivity index (χ2v) is 5.84. The SMILES string of the molecule is CCCCOCCOCCCC(C)(CC)C1CCO1. The Kier molecular flexibility index (Phi) is 8.67. The van der Waals surface area contributed by atoms with Gasteiger partial charge in [0.2, 0.25) is 0 Å². The molecule has 0 spiro atoms. The third-order valence-corrected chi connectivity index (χ3v) is 4.33. The van der Waals surface area contributed by atoms with Crippen molar-refractivity contribution in [1.82, 2.24) is 0 Å². The molecule has 3 nitrogen and oxygen atoms in total. The predicted octanol–water partition coefficient (Wildman–Crippen LogP) is 3.81. The first-order chi connectivity index (χ1) is 9.23. The molecule has 0 aliphatic carbocycles. The van der Waals surface area contributed by atoms with Crippen LogP contribution in [0.3, 0.4) is 0 Å². The van der Waals surface area contributed by atoms with Gasteiger partial charge in [0.05, 0.1) is 19.3 Å². The Morgan fingerprint density at radius 3 is 2.16 bits per heavy atom. The van der Waals surface area contributed by atoms with Crippen LogP contribution in [-0.4, -0.2) is 39.1 Å². The molecule has 0 aromatic carbocycles. The van der Waals surface area contributed by atoms with E-state index in [4.69, 9.17) is 14.2 Å². The van der Waals surface area contributed by atoms with Crippen LogP contribution in [-0.2, 0) is 14.2 Å². The topological polar surface area (TPSA) is 27.7 Å². The number of ether oxygens (including phenoxy) is 3. The Hall–Kier alpha value is -0.120. The first kappa shape index (κ1) is 16.9. The standard InChI is InChI=1S/C16H32O3/c1-4-6-10-17-13-14-18-11-7-9-16(3,5-2)15-8-12-19-15/h15H,4-14H2,1-3H3. The van der Waals surface area contributed by atoms with Gasteiger partial charge >= 0.3 is 0 Å². The smallest absolute Gasteiger partial charge is 0.0700 e. The summed E-state index contributed by atoms with van der Waals surface area (Å²) in [7, 11) is 0. The maximum Gasteiger partial charge on any atom is 0.0700 e. The molecule has 0 N–H and O–H groups in total. The van der Waals surface area contributed by atoms with E-state index in [0.29, 0.717) is 11.5 Å². The fraction of sp³-hybridized carbons (Fsp3) is 1.00. The van der Waals surface area contributed by atoms with Crippen LogP contribution in [0.15, 0.2) is 0 Å². The van der Waals surface area contributed by atoms with Crippen LogP contribution in [0.1, 0.15) is 59.3 Å². The quantitative estimate of drug-likeness (QED) is 0.506. The molecule has 0 radical (unpaired) electrons.